The Bertz CT molecular complexity index is 778. The van der Waals surface area contributed by atoms with Gasteiger partial charge in [0.15, 0.2) is 0 Å². The Morgan fingerprint density at radius 1 is 1.32 bits per heavy atom. The van der Waals surface area contributed by atoms with E-state index < -0.39 is 17.2 Å². The predicted molar refractivity (Wildman–Crippen MR) is 79.5 cm³/mol. The Hall–Kier alpha value is -2.47. The lowest BCUT2D eigenvalue weighted by atomic mass is 9.99. The van der Waals surface area contributed by atoms with Crippen LogP contribution in [0.25, 0.3) is 11.1 Å². The molecule has 5 nitrogen and oxygen atoms in total. The van der Waals surface area contributed by atoms with Crippen LogP contribution in [0.2, 0.25) is 0 Å². The minimum absolute atomic E-state index is 0.0118. The van der Waals surface area contributed by atoms with Crippen molar-refractivity contribution < 1.29 is 19.0 Å². The molecule has 0 aliphatic rings. The van der Waals surface area contributed by atoms with Crippen molar-refractivity contribution >= 4 is 5.97 Å². The Balaban J connectivity index is 2.84. The number of hydrogen-bond acceptors (Lipinski definition) is 3. The monoisotopic (exact) mass is 305 g/mol. The molecule has 0 amide bonds. The molecule has 116 valence electrons. The first kappa shape index (κ1) is 15.9. The number of methoxy groups -OCH3 is 1. The van der Waals surface area contributed by atoms with Gasteiger partial charge in [-0.25, -0.2) is 9.18 Å². The Morgan fingerprint density at radius 3 is 2.41 bits per heavy atom. The van der Waals surface area contributed by atoms with Gasteiger partial charge < -0.3 is 14.4 Å². The third kappa shape index (κ3) is 2.65. The molecule has 0 saturated carbocycles. The SMILES string of the molecule is COCc1c(C(=O)O)c(=O)c(-c2ccc(F)cc2)c(C)n1C. The second kappa shape index (κ2) is 6.11. The average Bonchev–Trinajstić information content (AvgIpc) is 2.46. The van der Waals surface area contributed by atoms with Crippen LogP contribution in [0.4, 0.5) is 4.39 Å². The zero-order chi connectivity index (χ0) is 16.4. The first-order valence-electron chi connectivity index (χ1n) is 6.59. The Labute approximate surface area is 126 Å². The van der Waals surface area contributed by atoms with Gasteiger partial charge in [-0.2, -0.15) is 0 Å². The molecule has 22 heavy (non-hydrogen) atoms. The van der Waals surface area contributed by atoms with Gasteiger partial charge in [-0.05, 0) is 24.6 Å². The maximum Gasteiger partial charge on any atom is 0.341 e. The highest BCUT2D eigenvalue weighted by Gasteiger charge is 2.23. The summed E-state index contributed by atoms with van der Waals surface area (Å²) in [5, 5.41) is 9.38. The highest BCUT2D eigenvalue weighted by Crippen LogP contribution is 2.23. The zero-order valence-corrected chi connectivity index (χ0v) is 12.5. The summed E-state index contributed by atoms with van der Waals surface area (Å²) in [6, 6.07) is 5.39. The van der Waals surface area contributed by atoms with Gasteiger partial charge in [-0.3, -0.25) is 4.79 Å². The smallest absolute Gasteiger partial charge is 0.341 e. The summed E-state index contributed by atoms with van der Waals surface area (Å²) in [4.78, 5) is 24.1. The van der Waals surface area contributed by atoms with Crippen LogP contribution in [0.1, 0.15) is 21.7 Å². The van der Waals surface area contributed by atoms with Gasteiger partial charge in [0.05, 0.1) is 12.3 Å². The third-order valence-electron chi connectivity index (χ3n) is 3.64. The average molecular weight is 305 g/mol. The molecule has 0 unspecified atom stereocenters. The van der Waals surface area contributed by atoms with Crippen LogP contribution in [-0.2, 0) is 18.4 Å². The van der Waals surface area contributed by atoms with Crippen molar-refractivity contribution in [1.29, 1.82) is 0 Å². The molecule has 0 spiro atoms. The predicted octanol–water partition coefficient (Wildman–Crippen LogP) is 2.34. The maximum atomic E-state index is 13.1. The summed E-state index contributed by atoms with van der Waals surface area (Å²) in [6.07, 6.45) is 0. The Kier molecular flexibility index (Phi) is 4.42. The molecule has 2 rings (SSSR count). The number of halogens is 1. The minimum Gasteiger partial charge on any atom is -0.477 e. The quantitative estimate of drug-likeness (QED) is 0.941. The summed E-state index contributed by atoms with van der Waals surface area (Å²) < 4.78 is 19.7. The molecule has 0 atom stereocenters. The van der Waals surface area contributed by atoms with E-state index in [1.54, 1.807) is 18.5 Å². The lowest BCUT2D eigenvalue weighted by molar-refractivity contribution is 0.0688. The zero-order valence-electron chi connectivity index (χ0n) is 12.5. The maximum absolute atomic E-state index is 13.1. The summed E-state index contributed by atoms with van der Waals surface area (Å²) in [7, 11) is 3.10. The first-order chi connectivity index (χ1) is 10.4. The molecule has 0 radical (unpaired) electrons. The lowest BCUT2D eigenvalue weighted by Crippen LogP contribution is -2.26. The van der Waals surface area contributed by atoms with Crippen LogP contribution in [0.3, 0.4) is 0 Å². The van der Waals surface area contributed by atoms with Gasteiger partial charge >= 0.3 is 5.97 Å². The number of rotatable bonds is 4. The van der Waals surface area contributed by atoms with Gasteiger partial charge in [0.2, 0.25) is 5.43 Å². The highest BCUT2D eigenvalue weighted by atomic mass is 19.1. The molecule has 0 bridgehead atoms. The number of carbonyl (C=O) groups is 1. The number of carboxylic acid groups (broad SMARTS) is 1. The third-order valence-corrected chi connectivity index (χ3v) is 3.64. The topological polar surface area (TPSA) is 68.5 Å². The van der Waals surface area contributed by atoms with Crippen LogP contribution in [-0.4, -0.2) is 22.8 Å². The van der Waals surface area contributed by atoms with Crippen LogP contribution >= 0.6 is 0 Å². The first-order valence-corrected chi connectivity index (χ1v) is 6.59. The van der Waals surface area contributed by atoms with Gasteiger partial charge in [0.25, 0.3) is 0 Å². The van der Waals surface area contributed by atoms with Crippen molar-refractivity contribution in [2.24, 2.45) is 7.05 Å². The van der Waals surface area contributed by atoms with Crippen LogP contribution in [0.5, 0.6) is 0 Å². The van der Waals surface area contributed by atoms with Crippen molar-refractivity contribution in [2.45, 2.75) is 13.5 Å². The van der Waals surface area contributed by atoms with Crippen molar-refractivity contribution in [3.05, 3.63) is 57.3 Å². The summed E-state index contributed by atoms with van der Waals surface area (Å²) in [5.41, 5.74) is 0.693. The van der Waals surface area contributed by atoms with E-state index >= 15 is 0 Å². The highest BCUT2D eigenvalue weighted by molar-refractivity contribution is 5.91. The van der Waals surface area contributed by atoms with Crippen molar-refractivity contribution in [1.82, 2.24) is 4.57 Å². The number of carboxylic acids is 1. The number of aromatic carboxylic acids is 1. The van der Waals surface area contributed by atoms with E-state index in [1.807, 2.05) is 0 Å². The molecule has 1 aromatic carbocycles. The van der Waals surface area contributed by atoms with E-state index in [0.717, 1.165) is 0 Å². The molecule has 0 saturated heterocycles. The van der Waals surface area contributed by atoms with Crippen molar-refractivity contribution in [2.75, 3.05) is 7.11 Å². The summed E-state index contributed by atoms with van der Waals surface area (Å²) >= 11 is 0. The second-order valence-corrected chi connectivity index (χ2v) is 4.92. The van der Waals surface area contributed by atoms with Gasteiger partial charge in [-0.1, -0.05) is 12.1 Å². The molecule has 1 heterocycles. The van der Waals surface area contributed by atoms with Crippen LogP contribution < -0.4 is 5.43 Å². The number of pyridine rings is 1. The fourth-order valence-corrected chi connectivity index (χ4v) is 2.44. The number of nitrogens with zero attached hydrogens (tertiary/aromatic N) is 1. The molecular weight excluding hydrogens is 289 g/mol. The fraction of sp³-hybridized carbons (Fsp3) is 0.250. The largest absolute Gasteiger partial charge is 0.477 e. The number of ether oxygens (including phenoxy) is 1. The van der Waals surface area contributed by atoms with Crippen molar-refractivity contribution in [3.8, 4) is 11.1 Å². The van der Waals surface area contributed by atoms with E-state index in [9.17, 15) is 19.1 Å². The second-order valence-electron chi connectivity index (χ2n) is 4.92. The molecule has 2 aromatic rings. The molecule has 0 aliphatic heterocycles. The molecule has 6 heteroatoms. The number of hydrogen-bond donors (Lipinski definition) is 1. The minimum atomic E-state index is -1.31. The lowest BCUT2D eigenvalue weighted by Gasteiger charge is -2.18. The Morgan fingerprint density at radius 2 is 1.91 bits per heavy atom. The summed E-state index contributed by atoms with van der Waals surface area (Å²) in [5.74, 6) is -1.73. The van der Waals surface area contributed by atoms with E-state index in [0.29, 0.717) is 17.0 Å². The molecular formula is C16H16FNO4. The summed E-state index contributed by atoms with van der Waals surface area (Å²) in [6.45, 7) is 1.72. The van der Waals surface area contributed by atoms with E-state index in [4.69, 9.17) is 4.74 Å². The van der Waals surface area contributed by atoms with Gasteiger partial charge in [-0.15, -0.1) is 0 Å². The molecule has 0 fully saturated rings. The van der Waals surface area contributed by atoms with E-state index in [-0.39, 0.29) is 17.7 Å². The fourth-order valence-electron chi connectivity index (χ4n) is 2.44. The van der Waals surface area contributed by atoms with Crippen LogP contribution in [0.15, 0.2) is 29.1 Å². The molecule has 1 N–H and O–H groups in total. The number of aromatic nitrogens is 1. The normalized spacial score (nSPS) is 10.7. The molecule has 0 aliphatic carbocycles. The van der Waals surface area contributed by atoms with E-state index in [1.165, 1.54) is 31.4 Å². The standard InChI is InChI=1S/C16H16FNO4/c1-9-13(10-4-6-11(17)7-5-10)15(19)14(16(20)21)12(8-22-3)18(9)2/h4-7H,8H2,1-3H3,(H,20,21). The van der Waals surface area contributed by atoms with E-state index in [2.05, 4.69) is 0 Å². The van der Waals surface area contributed by atoms with Crippen molar-refractivity contribution in [3.63, 3.8) is 0 Å². The molecule has 1 aromatic heterocycles. The number of benzene rings is 1. The van der Waals surface area contributed by atoms with Gasteiger partial charge in [0.1, 0.15) is 11.4 Å². The van der Waals surface area contributed by atoms with Crippen LogP contribution in [0, 0.1) is 12.7 Å². The van der Waals surface area contributed by atoms with Gasteiger partial charge in [0, 0.05) is 25.4 Å².